The predicted molar refractivity (Wildman–Crippen MR) is 75.9 cm³/mol. The van der Waals surface area contributed by atoms with Crippen molar-refractivity contribution in [1.29, 1.82) is 0 Å². The van der Waals surface area contributed by atoms with E-state index >= 15 is 0 Å². The lowest BCUT2D eigenvalue weighted by Gasteiger charge is -2.12. The fourth-order valence-corrected chi connectivity index (χ4v) is 2.09. The van der Waals surface area contributed by atoms with Crippen molar-refractivity contribution >= 4 is 23.2 Å². The molecule has 0 saturated carbocycles. The van der Waals surface area contributed by atoms with Gasteiger partial charge in [0, 0.05) is 18.4 Å². The molecule has 0 aliphatic rings. The average molecular weight is 281 g/mol. The molecule has 0 saturated heterocycles. The fourth-order valence-electron chi connectivity index (χ4n) is 1.78. The van der Waals surface area contributed by atoms with E-state index in [9.17, 15) is 0 Å². The first-order valence-corrected chi connectivity index (χ1v) is 6.52. The first kappa shape index (κ1) is 13.3. The lowest BCUT2D eigenvalue weighted by atomic mass is 10.0. The van der Waals surface area contributed by atoms with Crippen LogP contribution in [-0.2, 0) is 6.42 Å². The number of nitrogens with zero attached hydrogens (tertiary/aromatic N) is 1. The van der Waals surface area contributed by atoms with E-state index < -0.39 is 0 Å². The van der Waals surface area contributed by atoms with Crippen LogP contribution >= 0.6 is 23.2 Å². The van der Waals surface area contributed by atoms with Crippen LogP contribution in [0.15, 0.2) is 42.7 Å². The minimum absolute atomic E-state index is 0.0343. The standard InChI is InChI=1S/C14H14Cl2N2/c15-12-3-2-11(9-13(12)16)14(17)4-1-10-5-7-18-8-6-10/h2-3,5-9,14H,1,4,17H2. The van der Waals surface area contributed by atoms with Crippen LogP contribution in [0.5, 0.6) is 0 Å². The molecule has 0 fully saturated rings. The Kier molecular flexibility index (Phi) is 4.59. The zero-order valence-electron chi connectivity index (χ0n) is 9.81. The highest BCUT2D eigenvalue weighted by atomic mass is 35.5. The third-order valence-corrected chi connectivity index (χ3v) is 3.60. The summed E-state index contributed by atoms with van der Waals surface area (Å²) in [6.45, 7) is 0. The molecular formula is C14H14Cl2N2. The molecule has 0 spiro atoms. The summed E-state index contributed by atoms with van der Waals surface area (Å²) in [7, 11) is 0. The van der Waals surface area contributed by atoms with Crippen LogP contribution in [0, 0.1) is 0 Å². The minimum atomic E-state index is -0.0343. The number of hydrogen-bond acceptors (Lipinski definition) is 2. The Balaban J connectivity index is 1.99. The number of rotatable bonds is 4. The number of nitrogens with two attached hydrogens (primary N) is 1. The van der Waals surface area contributed by atoms with Gasteiger partial charge in [0.15, 0.2) is 0 Å². The van der Waals surface area contributed by atoms with Crippen LogP contribution in [0.25, 0.3) is 0 Å². The van der Waals surface area contributed by atoms with E-state index in [0.717, 1.165) is 18.4 Å². The molecule has 1 aromatic carbocycles. The van der Waals surface area contributed by atoms with Crippen molar-refractivity contribution in [2.45, 2.75) is 18.9 Å². The second-order valence-corrected chi connectivity index (χ2v) is 4.99. The molecule has 1 atom stereocenters. The van der Waals surface area contributed by atoms with Gasteiger partial charge in [0.2, 0.25) is 0 Å². The Hall–Kier alpha value is -1.09. The number of aryl methyl sites for hydroxylation is 1. The Morgan fingerprint density at radius 3 is 2.44 bits per heavy atom. The van der Waals surface area contributed by atoms with Crippen molar-refractivity contribution in [2.75, 3.05) is 0 Å². The van der Waals surface area contributed by atoms with E-state index in [4.69, 9.17) is 28.9 Å². The maximum Gasteiger partial charge on any atom is 0.0595 e. The van der Waals surface area contributed by atoms with E-state index in [0.29, 0.717) is 10.0 Å². The molecule has 18 heavy (non-hydrogen) atoms. The van der Waals surface area contributed by atoms with Gasteiger partial charge in [-0.3, -0.25) is 4.98 Å². The topological polar surface area (TPSA) is 38.9 Å². The third-order valence-electron chi connectivity index (χ3n) is 2.87. The fraction of sp³-hybridized carbons (Fsp3) is 0.214. The highest BCUT2D eigenvalue weighted by molar-refractivity contribution is 6.42. The second-order valence-electron chi connectivity index (χ2n) is 4.17. The normalized spacial score (nSPS) is 12.4. The molecule has 2 aromatic rings. The summed E-state index contributed by atoms with van der Waals surface area (Å²) in [5, 5.41) is 1.11. The molecule has 2 rings (SSSR count). The van der Waals surface area contributed by atoms with Gasteiger partial charge in [-0.2, -0.15) is 0 Å². The molecule has 4 heteroatoms. The molecule has 2 nitrogen and oxygen atoms in total. The van der Waals surface area contributed by atoms with Crippen LogP contribution < -0.4 is 5.73 Å². The lowest BCUT2D eigenvalue weighted by Crippen LogP contribution is -2.11. The lowest BCUT2D eigenvalue weighted by molar-refractivity contribution is 0.651. The zero-order valence-corrected chi connectivity index (χ0v) is 11.3. The van der Waals surface area contributed by atoms with Crippen LogP contribution in [0.1, 0.15) is 23.6 Å². The monoisotopic (exact) mass is 280 g/mol. The van der Waals surface area contributed by atoms with Gasteiger partial charge < -0.3 is 5.73 Å². The largest absolute Gasteiger partial charge is 0.324 e. The molecule has 0 radical (unpaired) electrons. The molecule has 1 aromatic heterocycles. The quantitative estimate of drug-likeness (QED) is 0.919. The van der Waals surface area contributed by atoms with Gasteiger partial charge in [-0.25, -0.2) is 0 Å². The molecule has 0 amide bonds. The highest BCUT2D eigenvalue weighted by Crippen LogP contribution is 2.26. The summed E-state index contributed by atoms with van der Waals surface area (Å²) in [6, 6.07) is 9.51. The molecular weight excluding hydrogens is 267 g/mol. The van der Waals surface area contributed by atoms with Gasteiger partial charge in [0.25, 0.3) is 0 Å². The predicted octanol–water partition coefficient (Wildman–Crippen LogP) is 4.02. The first-order chi connectivity index (χ1) is 8.66. The second kappa shape index (κ2) is 6.19. The van der Waals surface area contributed by atoms with Gasteiger partial charge in [0.05, 0.1) is 10.0 Å². The van der Waals surface area contributed by atoms with Crippen molar-refractivity contribution in [1.82, 2.24) is 4.98 Å². The van der Waals surface area contributed by atoms with Gasteiger partial charge in [0.1, 0.15) is 0 Å². The van der Waals surface area contributed by atoms with Crippen LogP contribution in [0.2, 0.25) is 10.0 Å². The van der Waals surface area contributed by atoms with E-state index in [2.05, 4.69) is 4.98 Å². The van der Waals surface area contributed by atoms with Gasteiger partial charge in [-0.05, 0) is 48.2 Å². The summed E-state index contributed by atoms with van der Waals surface area (Å²) < 4.78 is 0. The van der Waals surface area contributed by atoms with E-state index in [1.165, 1.54) is 5.56 Å². The van der Waals surface area contributed by atoms with Gasteiger partial charge in [-0.15, -0.1) is 0 Å². The number of hydrogen-bond donors (Lipinski definition) is 1. The van der Waals surface area contributed by atoms with Crippen LogP contribution in [-0.4, -0.2) is 4.98 Å². The number of pyridine rings is 1. The molecule has 2 N–H and O–H groups in total. The molecule has 0 aliphatic heterocycles. The summed E-state index contributed by atoms with van der Waals surface area (Å²) >= 11 is 11.9. The SMILES string of the molecule is NC(CCc1ccncc1)c1ccc(Cl)c(Cl)c1. The highest BCUT2D eigenvalue weighted by Gasteiger charge is 2.08. The molecule has 1 unspecified atom stereocenters. The van der Waals surface area contributed by atoms with E-state index in [1.807, 2.05) is 24.3 Å². The Labute approximate surface area is 117 Å². The number of benzene rings is 1. The summed E-state index contributed by atoms with van der Waals surface area (Å²) in [4.78, 5) is 3.99. The van der Waals surface area contributed by atoms with Crippen molar-refractivity contribution < 1.29 is 0 Å². The maximum atomic E-state index is 6.14. The van der Waals surface area contributed by atoms with Crippen molar-refractivity contribution in [3.63, 3.8) is 0 Å². The third kappa shape index (κ3) is 3.45. The van der Waals surface area contributed by atoms with E-state index in [-0.39, 0.29) is 6.04 Å². The summed E-state index contributed by atoms with van der Waals surface area (Å²) in [5.74, 6) is 0. The Bertz CT molecular complexity index is 514. The zero-order chi connectivity index (χ0) is 13.0. The minimum Gasteiger partial charge on any atom is -0.324 e. The molecule has 94 valence electrons. The van der Waals surface area contributed by atoms with Gasteiger partial charge >= 0.3 is 0 Å². The van der Waals surface area contributed by atoms with Crippen molar-refractivity contribution in [2.24, 2.45) is 5.73 Å². The smallest absolute Gasteiger partial charge is 0.0595 e. The first-order valence-electron chi connectivity index (χ1n) is 5.76. The number of halogens is 2. The van der Waals surface area contributed by atoms with Crippen molar-refractivity contribution in [3.05, 3.63) is 63.9 Å². The van der Waals surface area contributed by atoms with Gasteiger partial charge in [-0.1, -0.05) is 29.3 Å². The van der Waals surface area contributed by atoms with Crippen molar-refractivity contribution in [3.8, 4) is 0 Å². The molecule has 0 bridgehead atoms. The average Bonchev–Trinajstić information content (AvgIpc) is 2.40. The van der Waals surface area contributed by atoms with Crippen LogP contribution in [0.3, 0.4) is 0 Å². The number of aromatic nitrogens is 1. The maximum absolute atomic E-state index is 6.14. The Morgan fingerprint density at radius 1 is 1.06 bits per heavy atom. The Morgan fingerprint density at radius 2 is 1.78 bits per heavy atom. The summed E-state index contributed by atoms with van der Waals surface area (Å²) in [6.07, 6.45) is 5.37. The molecule has 0 aliphatic carbocycles. The van der Waals surface area contributed by atoms with E-state index in [1.54, 1.807) is 18.5 Å². The van der Waals surface area contributed by atoms with Crippen LogP contribution in [0.4, 0.5) is 0 Å². The molecule has 1 heterocycles. The summed E-state index contributed by atoms with van der Waals surface area (Å²) in [5.41, 5.74) is 8.39.